The Morgan fingerprint density at radius 2 is 1.92 bits per heavy atom. The van der Waals surface area contributed by atoms with Crippen molar-refractivity contribution in [2.45, 2.75) is 6.61 Å². The van der Waals surface area contributed by atoms with Crippen LogP contribution in [0.5, 0.6) is 11.5 Å². The molecule has 2 aromatic rings. The Bertz CT molecular complexity index is 838. The maximum atomic E-state index is 12.6. The number of anilines is 1. The Balaban J connectivity index is 2.17. The van der Waals surface area contributed by atoms with E-state index in [0.29, 0.717) is 5.69 Å². The molecule has 0 radical (unpaired) electrons. The second kappa shape index (κ2) is 8.61. The summed E-state index contributed by atoms with van der Waals surface area (Å²) in [5, 5.41) is 2.54. The number of hydrogen-bond donors (Lipinski definition) is 2. The number of hydrogen-bond acceptors (Lipinski definition) is 4. The molecule has 0 aliphatic rings. The Labute approximate surface area is 148 Å². The van der Waals surface area contributed by atoms with Gasteiger partial charge >= 0.3 is 6.61 Å². The molecule has 136 valence electrons. The number of carbonyl (C=O) groups is 2. The van der Waals surface area contributed by atoms with Crippen molar-refractivity contribution in [2.75, 3.05) is 12.4 Å². The van der Waals surface area contributed by atoms with Crippen LogP contribution in [0.4, 0.5) is 14.5 Å². The number of rotatable bonds is 7. The lowest BCUT2D eigenvalue weighted by atomic mass is 10.1. The highest BCUT2D eigenvalue weighted by Crippen LogP contribution is 2.33. The van der Waals surface area contributed by atoms with Crippen molar-refractivity contribution in [1.82, 2.24) is 0 Å². The van der Waals surface area contributed by atoms with E-state index in [1.54, 1.807) is 18.2 Å². The van der Waals surface area contributed by atoms with E-state index in [1.807, 2.05) is 0 Å². The minimum atomic E-state index is -3.04. The normalized spacial score (nSPS) is 10.8. The molecule has 2 rings (SSSR count). The van der Waals surface area contributed by atoms with Crippen molar-refractivity contribution in [1.29, 1.82) is 0 Å². The fourth-order valence-corrected chi connectivity index (χ4v) is 2.14. The van der Waals surface area contributed by atoms with Crippen molar-refractivity contribution < 1.29 is 27.8 Å². The summed E-state index contributed by atoms with van der Waals surface area (Å²) in [6.45, 7) is -3.04. The first-order valence-corrected chi connectivity index (χ1v) is 7.41. The molecule has 0 saturated carbocycles. The van der Waals surface area contributed by atoms with Gasteiger partial charge in [0.05, 0.1) is 7.11 Å². The van der Waals surface area contributed by atoms with Crippen LogP contribution in [-0.2, 0) is 4.79 Å². The quantitative estimate of drug-likeness (QED) is 0.741. The van der Waals surface area contributed by atoms with Crippen LogP contribution in [0, 0.1) is 0 Å². The van der Waals surface area contributed by atoms with E-state index < -0.39 is 18.4 Å². The molecule has 6 nitrogen and oxygen atoms in total. The summed E-state index contributed by atoms with van der Waals surface area (Å²) < 4.78 is 34.6. The summed E-state index contributed by atoms with van der Waals surface area (Å²) in [6.07, 6.45) is 2.46. The molecule has 2 aromatic carbocycles. The van der Waals surface area contributed by atoms with Crippen molar-refractivity contribution in [3.05, 3.63) is 59.7 Å². The van der Waals surface area contributed by atoms with E-state index >= 15 is 0 Å². The monoisotopic (exact) mass is 362 g/mol. The number of nitrogens with one attached hydrogen (secondary N) is 1. The summed E-state index contributed by atoms with van der Waals surface area (Å²) in [7, 11) is 1.32. The minimum Gasteiger partial charge on any atom is -0.493 e. The van der Waals surface area contributed by atoms with Crippen LogP contribution < -0.4 is 20.5 Å². The third-order valence-corrected chi connectivity index (χ3v) is 3.27. The number of methoxy groups -OCH3 is 1. The standard InChI is InChI=1S/C18H16F2N2O4/c1-25-14-7-3-4-11(16(14)26-18(19)20)8-9-15(23)22-13-6-2-5-12(10-13)17(21)24/h2-10,18H,1H3,(H2,21,24)(H,22,23)/b9-8+. The minimum absolute atomic E-state index is 0.113. The molecule has 26 heavy (non-hydrogen) atoms. The van der Waals surface area contributed by atoms with E-state index in [1.165, 1.54) is 37.5 Å². The van der Waals surface area contributed by atoms with Gasteiger partial charge in [-0.05, 0) is 30.3 Å². The third kappa shape index (κ3) is 5.04. The van der Waals surface area contributed by atoms with E-state index in [-0.39, 0.29) is 22.6 Å². The molecule has 0 spiro atoms. The number of halogens is 2. The molecule has 0 unspecified atom stereocenters. The zero-order valence-electron chi connectivity index (χ0n) is 13.7. The van der Waals surface area contributed by atoms with Gasteiger partial charge in [-0.2, -0.15) is 8.78 Å². The van der Waals surface area contributed by atoms with Crippen molar-refractivity contribution in [3.63, 3.8) is 0 Å². The SMILES string of the molecule is COc1cccc(/C=C/C(=O)Nc2cccc(C(N)=O)c2)c1OC(F)F. The van der Waals surface area contributed by atoms with E-state index in [4.69, 9.17) is 10.5 Å². The van der Waals surface area contributed by atoms with Gasteiger partial charge in [-0.25, -0.2) is 0 Å². The summed E-state index contributed by atoms with van der Waals surface area (Å²) >= 11 is 0. The van der Waals surface area contributed by atoms with Crippen LogP contribution in [-0.4, -0.2) is 25.5 Å². The Hall–Kier alpha value is -3.42. The fraction of sp³-hybridized carbons (Fsp3) is 0.111. The predicted molar refractivity (Wildman–Crippen MR) is 92.2 cm³/mol. The molecule has 0 aliphatic carbocycles. The van der Waals surface area contributed by atoms with Crippen molar-refractivity contribution in [3.8, 4) is 11.5 Å². The van der Waals surface area contributed by atoms with Gasteiger partial charge in [-0.15, -0.1) is 0 Å². The van der Waals surface area contributed by atoms with Crippen molar-refractivity contribution in [2.24, 2.45) is 5.73 Å². The van der Waals surface area contributed by atoms with Crippen LogP contribution in [0.1, 0.15) is 15.9 Å². The lowest BCUT2D eigenvalue weighted by molar-refractivity contribution is -0.111. The second-order valence-electron chi connectivity index (χ2n) is 5.02. The summed E-state index contributed by atoms with van der Waals surface area (Å²) in [6, 6.07) is 10.6. The molecule has 0 atom stereocenters. The van der Waals surface area contributed by atoms with Crippen LogP contribution in [0.2, 0.25) is 0 Å². The number of para-hydroxylation sites is 1. The van der Waals surface area contributed by atoms with Gasteiger partial charge in [-0.1, -0.05) is 18.2 Å². The molecule has 0 fully saturated rings. The van der Waals surface area contributed by atoms with Gasteiger partial charge in [-0.3, -0.25) is 9.59 Å². The predicted octanol–water partition coefficient (Wildman–Crippen LogP) is 3.05. The van der Waals surface area contributed by atoms with Gasteiger partial charge in [0.2, 0.25) is 11.8 Å². The number of alkyl halides is 2. The Kier molecular flexibility index (Phi) is 6.26. The fourth-order valence-electron chi connectivity index (χ4n) is 2.14. The van der Waals surface area contributed by atoms with Gasteiger partial charge < -0.3 is 20.5 Å². The average Bonchev–Trinajstić information content (AvgIpc) is 2.60. The molecule has 0 aliphatic heterocycles. The highest BCUT2D eigenvalue weighted by Gasteiger charge is 2.14. The highest BCUT2D eigenvalue weighted by molar-refractivity contribution is 6.03. The zero-order valence-corrected chi connectivity index (χ0v) is 13.7. The zero-order chi connectivity index (χ0) is 19.1. The maximum absolute atomic E-state index is 12.6. The number of nitrogens with two attached hydrogens (primary N) is 1. The van der Waals surface area contributed by atoms with E-state index in [9.17, 15) is 18.4 Å². The number of primary amides is 1. The topological polar surface area (TPSA) is 90.6 Å². The first-order chi connectivity index (χ1) is 12.4. The van der Waals surface area contributed by atoms with Crippen LogP contribution in [0.3, 0.4) is 0 Å². The Morgan fingerprint density at radius 1 is 1.19 bits per heavy atom. The lowest BCUT2D eigenvalue weighted by Crippen LogP contribution is -2.12. The first kappa shape index (κ1) is 18.9. The maximum Gasteiger partial charge on any atom is 0.387 e. The third-order valence-electron chi connectivity index (χ3n) is 3.27. The number of ether oxygens (including phenoxy) is 2. The summed E-state index contributed by atoms with van der Waals surface area (Å²) in [5.74, 6) is -1.22. The molecule has 8 heteroatoms. The average molecular weight is 362 g/mol. The number of carbonyl (C=O) groups excluding carboxylic acids is 2. The molecule has 0 heterocycles. The van der Waals surface area contributed by atoms with Crippen LogP contribution in [0.15, 0.2) is 48.5 Å². The van der Waals surface area contributed by atoms with Gasteiger partial charge in [0.25, 0.3) is 0 Å². The molecule has 0 saturated heterocycles. The van der Waals surface area contributed by atoms with Gasteiger partial charge in [0.1, 0.15) is 0 Å². The van der Waals surface area contributed by atoms with Crippen molar-refractivity contribution >= 4 is 23.6 Å². The summed E-state index contributed by atoms with van der Waals surface area (Å²) in [5.41, 5.74) is 6.03. The highest BCUT2D eigenvalue weighted by atomic mass is 19.3. The van der Waals surface area contributed by atoms with Gasteiger partial charge in [0.15, 0.2) is 11.5 Å². The molecule has 3 N–H and O–H groups in total. The second-order valence-corrected chi connectivity index (χ2v) is 5.02. The largest absolute Gasteiger partial charge is 0.493 e. The van der Waals surface area contributed by atoms with Crippen LogP contribution >= 0.6 is 0 Å². The number of benzene rings is 2. The number of amides is 2. The van der Waals surface area contributed by atoms with Gasteiger partial charge in [0, 0.05) is 22.9 Å². The molecule has 0 aromatic heterocycles. The molecule has 0 bridgehead atoms. The Morgan fingerprint density at radius 3 is 2.58 bits per heavy atom. The van der Waals surface area contributed by atoms with Crippen LogP contribution in [0.25, 0.3) is 6.08 Å². The first-order valence-electron chi connectivity index (χ1n) is 7.41. The molecular formula is C18H16F2N2O4. The molecular weight excluding hydrogens is 346 g/mol. The lowest BCUT2D eigenvalue weighted by Gasteiger charge is -2.12. The smallest absolute Gasteiger partial charge is 0.387 e. The summed E-state index contributed by atoms with van der Waals surface area (Å²) in [4.78, 5) is 23.2. The van der Waals surface area contributed by atoms with E-state index in [2.05, 4.69) is 10.1 Å². The molecule has 2 amide bonds. The van der Waals surface area contributed by atoms with E-state index in [0.717, 1.165) is 6.08 Å².